The van der Waals surface area contributed by atoms with Gasteiger partial charge in [-0.15, -0.1) is 0 Å². The second-order valence-corrected chi connectivity index (χ2v) is 20.0. The molecule has 0 aliphatic carbocycles. The third-order valence-corrected chi connectivity index (χ3v) is 14.5. The number of carbonyl (C=O) groups excluding carboxylic acids is 1. The van der Waals surface area contributed by atoms with E-state index in [0.717, 1.165) is 22.0 Å². The van der Waals surface area contributed by atoms with Crippen molar-refractivity contribution in [3.05, 3.63) is 71.9 Å². The fourth-order valence-electron chi connectivity index (χ4n) is 5.91. The van der Waals surface area contributed by atoms with Gasteiger partial charge >= 0.3 is 12.1 Å². The normalized spacial score (nSPS) is 26.4. The largest absolute Gasteiger partial charge is 0.445 e. The van der Waals surface area contributed by atoms with Gasteiger partial charge < -0.3 is 38.0 Å². The van der Waals surface area contributed by atoms with Crippen LogP contribution in [0.15, 0.2) is 60.8 Å². The number of ether oxygens (including phenoxy) is 5. The Morgan fingerprint density at radius 1 is 1.00 bits per heavy atom. The molecule has 2 bridgehead atoms. The van der Waals surface area contributed by atoms with Gasteiger partial charge in [0.2, 0.25) is 0 Å². The van der Waals surface area contributed by atoms with Crippen LogP contribution in [-0.4, -0.2) is 63.5 Å². The summed E-state index contributed by atoms with van der Waals surface area (Å²) in [4.78, 5) is 13.7. The van der Waals surface area contributed by atoms with Crippen molar-refractivity contribution in [2.24, 2.45) is 5.41 Å². The van der Waals surface area contributed by atoms with E-state index in [2.05, 4.69) is 82.8 Å². The SMILES string of the molecule is CC12COC([C@@H](NC(=O)OCc3ccccc3)[C@H](O[Si](C)(C)C(C)(C)C)c3cn(C(C)(C)[C@@H]4CO4)c4ccccc34)(OC1)OC2. The zero-order valence-corrected chi connectivity index (χ0v) is 28.8. The second-order valence-electron chi connectivity index (χ2n) is 15.2. The molecule has 45 heavy (non-hydrogen) atoms. The van der Waals surface area contributed by atoms with Crippen LogP contribution in [0.3, 0.4) is 0 Å². The van der Waals surface area contributed by atoms with E-state index in [0.29, 0.717) is 26.4 Å². The molecule has 3 aromatic rings. The summed E-state index contributed by atoms with van der Waals surface area (Å²) in [5, 5.41) is 4.03. The van der Waals surface area contributed by atoms with Crippen molar-refractivity contribution < 1.29 is 32.9 Å². The molecule has 9 nitrogen and oxygen atoms in total. The van der Waals surface area contributed by atoms with Crippen molar-refractivity contribution >= 4 is 25.3 Å². The van der Waals surface area contributed by atoms with Crippen LogP contribution in [-0.2, 0) is 40.3 Å². The van der Waals surface area contributed by atoms with Gasteiger partial charge in [0, 0.05) is 28.1 Å². The third kappa shape index (κ3) is 6.20. The summed E-state index contributed by atoms with van der Waals surface area (Å²) in [5.74, 6) is -1.56. The molecular formula is C35H48N2O7Si. The molecule has 4 aliphatic rings. The molecule has 4 saturated heterocycles. The number of aromatic nitrogens is 1. The Morgan fingerprint density at radius 2 is 1.60 bits per heavy atom. The Morgan fingerprint density at radius 3 is 2.20 bits per heavy atom. The zero-order valence-electron chi connectivity index (χ0n) is 27.8. The lowest BCUT2D eigenvalue weighted by Gasteiger charge is -2.54. The van der Waals surface area contributed by atoms with Crippen LogP contribution >= 0.6 is 0 Å². The van der Waals surface area contributed by atoms with Crippen molar-refractivity contribution in [1.82, 2.24) is 9.88 Å². The van der Waals surface area contributed by atoms with Crippen molar-refractivity contribution in [3.8, 4) is 0 Å². The molecule has 1 amide bonds. The van der Waals surface area contributed by atoms with Gasteiger partial charge in [-0.3, -0.25) is 0 Å². The Labute approximate surface area is 267 Å². The number of hydrogen-bond donors (Lipinski definition) is 1. The molecule has 7 rings (SSSR count). The Bertz CT molecular complexity index is 1500. The van der Waals surface area contributed by atoms with E-state index in [4.69, 9.17) is 28.1 Å². The molecule has 0 saturated carbocycles. The maximum Gasteiger partial charge on any atom is 0.408 e. The number of benzene rings is 2. The minimum Gasteiger partial charge on any atom is -0.445 e. The molecule has 0 spiro atoms. The first kappa shape index (κ1) is 32.2. The monoisotopic (exact) mass is 636 g/mol. The maximum absolute atomic E-state index is 13.7. The molecule has 0 radical (unpaired) electrons. The van der Waals surface area contributed by atoms with Gasteiger partial charge in [0.1, 0.15) is 24.9 Å². The predicted octanol–water partition coefficient (Wildman–Crippen LogP) is 6.87. The zero-order chi connectivity index (χ0) is 32.3. The van der Waals surface area contributed by atoms with Gasteiger partial charge in [-0.05, 0) is 43.6 Å². The number of alkyl carbamates (subject to hydrolysis) is 1. The molecule has 10 heteroatoms. The molecule has 2 aromatic carbocycles. The van der Waals surface area contributed by atoms with Crippen LogP contribution in [0, 0.1) is 5.41 Å². The summed E-state index contributed by atoms with van der Waals surface area (Å²) >= 11 is 0. The predicted molar refractivity (Wildman–Crippen MR) is 174 cm³/mol. The Kier molecular flexibility index (Phi) is 8.24. The lowest BCUT2D eigenvalue weighted by Crippen LogP contribution is -2.69. The topological polar surface area (TPSA) is 92.7 Å². The van der Waals surface area contributed by atoms with Crippen LogP contribution in [0.1, 0.15) is 58.8 Å². The van der Waals surface area contributed by atoms with E-state index < -0.39 is 32.5 Å². The summed E-state index contributed by atoms with van der Waals surface area (Å²) in [6, 6.07) is 17.0. The highest BCUT2D eigenvalue weighted by atomic mass is 28.4. The summed E-state index contributed by atoms with van der Waals surface area (Å²) < 4.78 is 40.4. The standard InChI is InChI=1S/C35H48N2O7Si/c1-32(2,3)45(7,8)44-29(26-18-37(33(4,5)28-20-39-28)27-17-13-12-16-25(26)27)30(35-41-21-34(6,22-42-35)23-43-35)36-31(38)40-19-24-14-10-9-11-15-24/h9-18,28-30H,19-23H2,1-8H3,(H,36,38)/t28-,29+,30-,34?,35?/m0/s1. The Hall–Kier alpha value is -2.73. The van der Waals surface area contributed by atoms with E-state index in [1.54, 1.807) is 0 Å². The molecule has 1 aromatic heterocycles. The first-order chi connectivity index (χ1) is 21.1. The molecule has 4 aliphatic heterocycles. The third-order valence-electron chi connectivity index (χ3n) is 10.1. The summed E-state index contributed by atoms with van der Waals surface area (Å²) in [7, 11) is -2.47. The average molecular weight is 637 g/mol. The maximum atomic E-state index is 13.7. The van der Waals surface area contributed by atoms with E-state index in [1.165, 1.54) is 0 Å². The minimum absolute atomic E-state index is 0.103. The van der Waals surface area contributed by atoms with Crippen molar-refractivity contribution in [2.75, 3.05) is 26.4 Å². The number of amides is 1. The van der Waals surface area contributed by atoms with Crippen LogP contribution in [0.25, 0.3) is 10.9 Å². The number of nitrogens with one attached hydrogen (secondary N) is 1. The van der Waals surface area contributed by atoms with Gasteiger partial charge in [-0.25, -0.2) is 4.79 Å². The number of rotatable bonds is 10. The van der Waals surface area contributed by atoms with E-state index in [1.807, 2.05) is 42.5 Å². The van der Waals surface area contributed by atoms with E-state index in [9.17, 15) is 4.79 Å². The number of carbonyl (C=O) groups is 1. The molecular weight excluding hydrogens is 588 g/mol. The van der Waals surface area contributed by atoms with Crippen molar-refractivity contribution in [1.29, 1.82) is 0 Å². The van der Waals surface area contributed by atoms with Gasteiger partial charge in [0.25, 0.3) is 0 Å². The van der Waals surface area contributed by atoms with Crippen molar-refractivity contribution in [2.45, 2.75) is 96.0 Å². The number of para-hydroxylation sites is 1. The highest BCUT2D eigenvalue weighted by Gasteiger charge is 2.59. The summed E-state index contributed by atoms with van der Waals surface area (Å²) in [5.41, 5.74) is 2.29. The fourth-order valence-corrected chi connectivity index (χ4v) is 7.16. The average Bonchev–Trinajstić information content (AvgIpc) is 3.80. The number of fused-ring (bicyclic) bond motifs is 4. The first-order valence-corrected chi connectivity index (χ1v) is 18.8. The first-order valence-electron chi connectivity index (χ1n) is 15.9. The highest BCUT2D eigenvalue weighted by molar-refractivity contribution is 6.74. The van der Waals surface area contributed by atoms with Crippen molar-refractivity contribution in [3.63, 3.8) is 0 Å². The summed E-state index contributed by atoms with van der Waals surface area (Å²) in [6.07, 6.45) is 0.957. The number of epoxide rings is 1. The van der Waals surface area contributed by atoms with Crippen LogP contribution in [0.5, 0.6) is 0 Å². The lowest BCUT2D eigenvalue weighted by atomic mass is 9.89. The Balaban J connectivity index is 1.46. The van der Waals surface area contributed by atoms with Crippen LogP contribution in [0.2, 0.25) is 18.1 Å². The summed E-state index contributed by atoms with van der Waals surface area (Å²) in [6.45, 7) is 19.6. The molecule has 3 atom stereocenters. The molecule has 5 heterocycles. The number of hydrogen-bond acceptors (Lipinski definition) is 7. The van der Waals surface area contributed by atoms with E-state index >= 15 is 0 Å². The quantitative estimate of drug-likeness (QED) is 0.192. The van der Waals surface area contributed by atoms with Crippen LogP contribution < -0.4 is 5.32 Å². The van der Waals surface area contributed by atoms with Gasteiger partial charge in [-0.2, -0.15) is 0 Å². The smallest absolute Gasteiger partial charge is 0.408 e. The van der Waals surface area contributed by atoms with Gasteiger partial charge in [0.15, 0.2) is 8.32 Å². The molecule has 1 N–H and O–H groups in total. The molecule has 4 fully saturated rings. The minimum atomic E-state index is -2.47. The van der Waals surface area contributed by atoms with Gasteiger partial charge in [0.05, 0.1) is 32.0 Å². The lowest BCUT2D eigenvalue weighted by molar-refractivity contribution is -0.478. The van der Waals surface area contributed by atoms with E-state index in [-0.39, 0.29) is 28.7 Å². The number of nitrogens with zero attached hydrogens (tertiary/aromatic N) is 1. The molecule has 244 valence electrons. The highest BCUT2D eigenvalue weighted by Crippen LogP contribution is 2.48. The van der Waals surface area contributed by atoms with Gasteiger partial charge in [-0.1, -0.05) is 76.2 Å². The second kappa shape index (κ2) is 11.5. The fraction of sp³-hybridized carbons (Fsp3) is 0.571. The molecule has 0 unspecified atom stereocenters. The van der Waals surface area contributed by atoms with Crippen LogP contribution in [0.4, 0.5) is 4.79 Å².